The molecular weight excluding hydrogens is 324 g/mol. The van der Waals surface area contributed by atoms with E-state index in [1.807, 2.05) is 19.1 Å². The van der Waals surface area contributed by atoms with Crippen LogP contribution in [0.15, 0.2) is 47.3 Å². The Kier molecular flexibility index (Phi) is 3.35. The third-order valence-electron chi connectivity index (χ3n) is 3.82. The fourth-order valence-corrected chi connectivity index (χ4v) is 3.16. The maximum absolute atomic E-state index is 12.4. The molecule has 0 bridgehead atoms. The number of rotatable bonds is 2. The van der Waals surface area contributed by atoms with Gasteiger partial charge in [-0.2, -0.15) is 8.75 Å². The number of fused-ring (bicyclic) bond motifs is 2. The molecule has 4 aromatic rings. The maximum atomic E-state index is 12.4. The van der Waals surface area contributed by atoms with E-state index in [2.05, 4.69) is 19.0 Å². The van der Waals surface area contributed by atoms with E-state index in [1.165, 1.54) is 0 Å². The second kappa shape index (κ2) is 5.54. The Morgan fingerprint density at radius 3 is 2.79 bits per heavy atom. The van der Waals surface area contributed by atoms with Crippen LogP contribution in [0.5, 0.6) is 0 Å². The third-order valence-corrected chi connectivity index (χ3v) is 4.38. The van der Waals surface area contributed by atoms with Gasteiger partial charge in [0, 0.05) is 22.7 Å². The third kappa shape index (κ3) is 2.55. The Balaban J connectivity index is 1.67. The van der Waals surface area contributed by atoms with Crippen LogP contribution < -0.4 is 10.9 Å². The number of benzene rings is 2. The highest BCUT2D eigenvalue weighted by Crippen LogP contribution is 2.20. The molecule has 0 fully saturated rings. The number of aromatic nitrogens is 3. The zero-order valence-electron chi connectivity index (χ0n) is 12.7. The molecule has 2 aromatic heterocycles. The predicted octanol–water partition coefficient (Wildman–Crippen LogP) is 3.09. The highest BCUT2D eigenvalue weighted by molar-refractivity contribution is 7.00. The van der Waals surface area contributed by atoms with Gasteiger partial charge in [0.1, 0.15) is 11.0 Å². The van der Waals surface area contributed by atoms with Gasteiger partial charge >= 0.3 is 0 Å². The number of pyridine rings is 1. The Labute approximate surface area is 140 Å². The van der Waals surface area contributed by atoms with Gasteiger partial charge in [-0.15, -0.1) is 0 Å². The predicted molar refractivity (Wildman–Crippen MR) is 94.7 cm³/mol. The quantitative estimate of drug-likeness (QED) is 0.589. The molecule has 6 nitrogen and oxygen atoms in total. The first-order chi connectivity index (χ1) is 11.6. The van der Waals surface area contributed by atoms with E-state index in [-0.39, 0.29) is 11.5 Å². The molecule has 0 aliphatic carbocycles. The molecule has 2 heterocycles. The number of aryl methyl sites for hydroxylation is 1. The smallest absolute Gasteiger partial charge is 0.255 e. The van der Waals surface area contributed by atoms with E-state index < -0.39 is 0 Å². The zero-order chi connectivity index (χ0) is 16.7. The van der Waals surface area contributed by atoms with Crippen LogP contribution in [0, 0.1) is 6.92 Å². The first kappa shape index (κ1) is 14.5. The van der Waals surface area contributed by atoms with Gasteiger partial charge in [-0.3, -0.25) is 9.59 Å². The van der Waals surface area contributed by atoms with Gasteiger partial charge in [0.05, 0.1) is 17.2 Å². The van der Waals surface area contributed by atoms with Crippen LogP contribution in [0.3, 0.4) is 0 Å². The molecule has 0 saturated carbocycles. The van der Waals surface area contributed by atoms with Crippen LogP contribution in [0.2, 0.25) is 0 Å². The molecule has 2 aromatic carbocycles. The summed E-state index contributed by atoms with van der Waals surface area (Å²) in [5.41, 5.74) is 4.02. The van der Waals surface area contributed by atoms with Crippen molar-refractivity contribution in [1.82, 2.24) is 13.7 Å². The van der Waals surface area contributed by atoms with Crippen molar-refractivity contribution in [2.45, 2.75) is 6.92 Å². The number of amides is 1. The van der Waals surface area contributed by atoms with Crippen molar-refractivity contribution in [2.24, 2.45) is 0 Å². The van der Waals surface area contributed by atoms with E-state index in [4.69, 9.17) is 0 Å². The van der Waals surface area contributed by atoms with Gasteiger partial charge in [0.15, 0.2) is 0 Å². The van der Waals surface area contributed by atoms with Crippen molar-refractivity contribution in [2.75, 3.05) is 5.32 Å². The summed E-state index contributed by atoms with van der Waals surface area (Å²) < 4.78 is 8.26. The summed E-state index contributed by atoms with van der Waals surface area (Å²) in [5.74, 6) is -0.237. The SMILES string of the molecule is Cc1cc(=O)[nH]c2cc(NC(=O)c3ccc4nsnc4c3)ccc12. The zero-order valence-corrected chi connectivity index (χ0v) is 13.5. The number of carbonyl (C=O) groups is 1. The topological polar surface area (TPSA) is 87.7 Å². The lowest BCUT2D eigenvalue weighted by molar-refractivity contribution is 0.102. The molecule has 0 saturated heterocycles. The molecule has 7 heteroatoms. The lowest BCUT2D eigenvalue weighted by Crippen LogP contribution is -2.12. The highest BCUT2D eigenvalue weighted by atomic mass is 32.1. The minimum absolute atomic E-state index is 0.162. The number of nitrogens with one attached hydrogen (secondary N) is 2. The standard InChI is InChI=1S/C17H12N4O2S/c1-9-6-16(22)19-14-8-11(3-4-12(9)14)18-17(23)10-2-5-13-15(7-10)21-24-20-13/h2-8H,1H3,(H,18,23)(H,19,22). The number of hydrogen-bond acceptors (Lipinski definition) is 5. The van der Waals surface area contributed by atoms with Crippen molar-refractivity contribution in [3.05, 3.63) is 63.9 Å². The summed E-state index contributed by atoms with van der Waals surface area (Å²) in [7, 11) is 0. The summed E-state index contributed by atoms with van der Waals surface area (Å²) in [6, 6.07) is 12.2. The van der Waals surface area contributed by atoms with Gasteiger partial charge in [0.2, 0.25) is 5.56 Å². The first-order valence-electron chi connectivity index (χ1n) is 7.27. The van der Waals surface area contributed by atoms with Crippen LogP contribution in [-0.2, 0) is 0 Å². The highest BCUT2D eigenvalue weighted by Gasteiger charge is 2.09. The number of H-pyrrole nitrogens is 1. The number of hydrogen-bond donors (Lipinski definition) is 2. The summed E-state index contributed by atoms with van der Waals surface area (Å²) in [6.07, 6.45) is 0. The van der Waals surface area contributed by atoms with Crippen molar-refractivity contribution in [3.8, 4) is 0 Å². The lowest BCUT2D eigenvalue weighted by Gasteiger charge is -2.08. The molecule has 24 heavy (non-hydrogen) atoms. The van der Waals surface area contributed by atoms with Crippen molar-refractivity contribution < 1.29 is 4.79 Å². The maximum Gasteiger partial charge on any atom is 0.255 e. The Morgan fingerprint density at radius 1 is 1.08 bits per heavy atom. The summed E-state index contributed by atoms with van der Waals surface area (Å²) in [4.78, 5) is 26.8. The van der Waals surface area contributed by atoms with Crippen LogP contribution >= 0.6 is 11.7 Å². The van der Waals surface area contributed by atoms with E-state index in [0.717, 1.165) is 28.2 Å². The number of aromatic amines is 1. The van der Waals surface area contributed by atoms with Gasteiger partial charge in [-0.1, -0.05) is 6.07 Å². The number of anilines is 1. The molecule has 0 radical (unpaired) electrons. The van der Waals surface area contributed by atoms with E-state index in [1.54, 1.807) is 30.3 Å². The second-order valence-electron chi connectivity index (χ2n) is 5.50. The van der Waals surface area contributed by atoms with E-state index in [0.29, 0.717) is 22.3 Å². The lowest BCUT2D eigenvalue weighted by atomic mass is 10.1. The molecule has 0 unspecified atom stereocenters. The summed E-state index contributed by atoms with van der Waals surface area (Å²) in [6.45, 7) is 1.88. The molecule has 0 atom stereocenters. The summed E-state index contributed by atoms with van der Waals surface area (Å²) >= 11 is 1.12. The average Bonchev–Trinajstić information content (AvgIpc) is 3.01. The fraction of sp³-hybridized carbons (Fsp3) is 0.0588. The second-order valence-corrected chi connectivity index (χ2v) is 6.03. The molecule has 0 spiro atoms. The molecule has 0 aliphatic rings. The van der Waals surface area contributed by atoms with Crippen molar-refractivity contribution in [1.29, 1.82) is 0 Å². The molecule has 4 rings (SSSR count). The Bertz CT molecular complexity index is 1150. The van der Waals surface area contributed by atoms with Crippen LogP contribution in [0.1, 0.15) is 15.9 Å². The van der Waals surface area contributed by atoms with Gasteiger partial charge in [-0.25, -0.2) is 0 Å². The molecule has 1 amide bonds. The molecule has 0 aliphatic heterocycles. The molecule has 118 valence electrons. The van der Waals surface area contributed by atoms with Crippen LogP contribution in [0.4, 0.5) is 5.69 Å². The summed E-state index contributed by atoms with van der Waals surface area (Å²) in [5, 5.41) is 3.79. The fourth-order valence-electron chi connectivity index (χ4n) is 2.64. The Hall–Kier alpha value is -3.06. The van der Waals surface area contributed by atoms with Gasteiger partial charge < -0.3 is 10.3 Å². The van der Waals surface area contributed by atoms with Crippen molar-refractivity contribution >= 4 is 45.3 Å². The molecular formula is C17H12N4O2S. The monoisotopic (exact) mass is 336 g/mol. The average molecular weight is 336 g/mol. The van der Waals surface area contributed by atoms with Gasteiger partial charge in [0.25, 0.3) is 5.91 Å². The van der Waals surface area contributed by atoms with Crippen molar-refractivity contribution in [3.63, 3.8) is 0 Å². The van der Waals surface area contributed by atoms with E-state index >= 15 is 0 Å². The van der Waals surface area contributed by atoms with Crippen LogP contribution in [-0.4, -0.2) is 19.6 Å². The Morgan fingerprint density at radius 2 is 1.92 bits per heavy atom. The van der Waals surface area contributed by atoms with Gasteiger partial charge in [-0.05, 0) is 42.8 Å². The largest absolute Gasteiger partial charge is 0.322 e. The van der Waals surface area contributed by atoms with Crippen LogP contribution in [0.25, 0.3) is 21.9 Å². The number of nitrogens with zero attached hydrogens (tertiary/aromatic N) is 2. The molecule has 2 N–H and O–H groups in total. The van der Waals surface area contributed by atoms with E-state index in [9.17, 15) is 9.59 Å². The number of carbonyl (C=O) groups excluding carboxylic acids is 1. The minimum atomic E-state index is -0.237. The normalized spacial score (nSPS) is 11.0. The minimum Gasteiger partial charge on any atom is -0.322 e. The first-order valence-corrected chi connectivity index (χ1v) is 8.00.